The fraction of sp³-hybridized carbons (Fsp3) is 0. The molecule has 3 nitrogen and oxygen atoms in total. The number of fused-ring (bicyclic) bond motifs is 1. The molecule has 0 radical (unpaired) electrons. The lowest BCUT2D eigenvalue weighted by molar-refractivity contribution is -0.512. The molecule has 2 heterocycles. The van der Waals surface area contributed by atoms with E-state index in [4.69, 9.17) is 0 Å². The number of H-pyrrole nitrogens is 1. The average molecular weight is 120 g/mol. The van der Waals surface area contributed by atoms with Gasteiger partial charge in [-0.15, -0.1) is 0 Å². The molecule has 2 aromatic rings. The molecule has 44 valence electrons. The van der Waals surface area contributed by atoms with E-state index in [-0.39, 0.29) is 0 Å². The number of nitrogens with zero attached hydrogens (tertiary/aromatic N) is 2. The molecule has 0 aliphatic carbocycles. The molecule has 1 N–H and O–H groups in total. The molecule has 0 spiro atoms. The van der Waals surface area contributed by atoms with Crippen LogP contribution in [0.1, 0.15) is 0 Å². The topological polar surface area (TPSA) is 32.8 Å². The SMILES string of the molecule is c1cnc2[nH]cc[n+]2c1. The third-order valence-electron chi connectivity index (χ3n) is 1.22. The van der Waals surface area contributed by atoms with E-state index in [1.54, 1.807) is 6.20 Å². The smallest absolute Gasteiger partial charge is 0.245 e. The molecule has 2 rings (SSSR count). The molecule has 0 amide bonds. The Bertz CT molecular complexity index is 282. The quantitative estimate of drug-likeness (QED) is 0.493. The molecule has 0 saturated carbocycles. The van der Waals surface area contributed by atoms with Crippen molar-refractivity contribution in [3.63, 3.8) is 0 Å². The van der Waals surface area contributed by atoms with Crippen molar-refractivity contribution in [2.24, 2.45) is 0 Å². The Morgan fingerprint density at radius 3 is 3.33 bits per heavy atom. The molecular weight excluding hydrogens is 114 g/mol. The summed E-state index contributed by atoms with van der Waals surface area (Å²) in [5, 5.41) is 0. The zero-order valence-electron chi connectivity index (χ0n) is 4.78. The predicted octanol–water partition coefficient (Wildman–Crippen LogP) is 0.148. The molecule has 0 aliphatic rings. The molecule has 0 aliphatic heterocycles. The van der Waals surface area contributed by atoms with Crippen LogP contribution in [-0.2, 0) is 0 Å². The molecule has 3 heteroatoms. The van der Waals surface area contributed by atoms with Crippen LogP contribution in [0.15, 0.2) is 30.9 Å². The number of nitrogens with one attached hydrogen (secondary N) is 1. The Morgan fingerprint density at radius 2 is 2.44 bits per heavy atom. The van der Waals surface area contributed by atoms with E-state index < -0.39 is 0 Å². The molecule has 0 atom stereocenters. The fourth-order valence-electron chi connectivity index (χ4n) is 0.806. The maximum Gasteiger partial charge on any atom is 0.400 e. The van der Waals surface area contributed by atoms with Gasteiger partial charge in [0, 0.05) is 6.07 Å². The van der Waals surface area contributed by atoms with Crippen molar-refractivity contribution in [3.8, 4) is 0 Å². The van der Waals surface area contributed by atoms with Gasteiger partial charge in [-0.3, -0.25) is 0 Å². The number of aromatic amines is 1. The van der Waals surface area contributed by atoms with Crippen molar-refractivity contribution in [2.75, 3.05) is 0 Å². The molecule has 0 unspecified atom stereocenters. The van der Waals surface area contributed by atoms with Crippen molar-refractivity contribution in [2.45, 2.75) is 0 Å². The van der Waals surface area contributed by atoms with E-state index in [1.165, 1.54) is 0 Å². The van der Waals surface area contributed by atoms with Gasteiger partial charge in [-0.05, 0) is 0 Å². The van der Waals surface area contributed by atoms with Gasteiger partial charge in [0.1, 0.15) is 12.4 Å². The molecule has 2 aromatic heterocycles. The minimum absolute atomic E-state index is 0.873. The monoisotopic (exact) mass is 120 g/mol. The highest BCUT2D eigenvalue weighted by molar-refractivity contribution is 5.12. The third-order valence-corrected chi connectivity index (χ3v) is 1.22. The van der Waals surface area contributed by atoms with Crippen LogP contribution in [0.25, 0.3) is 5.78 Å². The van der Waals surface area contributed by atoms with Crippen molar-refractivity contribution in [1.29, 1.82) is 0 Å². The first-order valence-corrected chi connectivity index (χ1v) is 2.76. The maximum atomic E-state index is 4.05. The highest BCUT2D eigenvalue weighted by Crippen LogP contribution is 1.81. The van der Waals surface area contributed by atoms with Crippen LogP contribution in [-0.4, -0.2) is 9.97 Å². The van der Waals surface area contributed by atoms with Crippen LogP contribution in [0.5, 0.6) is 0 Å². The van der Waals surface area contributed by atoms with E-state index in [0.29, 0.717) is 0 Å². The van der Waals surface area contributed by atoms with E-state index in [0.717, 1.165) is 5.78 Å². The number of hydrogen-bond acceptors (Lipinski definition) is 1. The van der Waals surface area contributed by atoms with Crippen LogP contribution in [0, 0.1) is 0 Å². The Morgan fingerprint density at radius 1 is 1.44 bits per heavy atom. The van der Waals surface area contributed by atoms with Crippen LogP contribution in [0.2, 0.25) is 0 Å². The van der Waals surface area contributed by atoms with Crippen LogP contribution in [0.3, 0.4) is 0 Å². The molecule has 0 fully saturated rings. The fourth-order valence-corrected chi connectivity index (χ4v) is 0.806. The second kappa shape index (κ2) is 1.55. The summed E-state index contributed by atoms with van der Waals surface area (Å²) in [5.41, 5.74) is 0. The summed E-state index contributed by atoms with van der Waals surface area (Å²) in [7, 11) is 0. The van der Waals surface area contributed by atoms with Gasteiger partial charge in [0.2, 0.25) is 0 Å². The first kappa shape index (κ1) is 4.49. The Hall–Kier alpha value is -1.38. The number of imidazole rings is 1. The summed E-state index contributed by atoms with van der Waals surface area (Å²) in [5.74, 6) is 0.873. The van der Waals surface area contributed by atoms with E-state index in [1.807, 2.05) is 29.1 Å². The Labute approximate surface area is 52.0 Å². The summed E-state index contributed by atoms with van der Waals surface area (Å²) in [6.45, 7) is 0. The van der Waals surface area contributed by atoms with Crippen molar-refractivity contribution in [3.05, 3.63) is 30.9 Å². The number of rotatable bonds is 0. The minimum atomic E-state index is 0.873. The average Bonchev–Trinajstić information content (AvgIpc) is 2.33. The zero-order valence-corrected chi connectivity index (χ0v) is 4.78. The summed E-state index contributed by atoms with van der Waals surface area (Å²) >= 11 is 0. The summed E-state index contributed by atoms with van der Waals surface area (Å²) in [4.78, 5) is 7.02. The second-order valence-corrected chi connectivity index (χ2v) is 1.81. The van der Waals surface area contributed by atoms with Gasteiger partial charge < -0.3 is 0 Å². The van der Waals surface area contributed by atoms with Gasteiger partial charge in [0.15, 0.2) is 0 Å². The lowest BCUT2D eigenvalue weighted by Gasteiger charge is -1.76. The van der Waals surface area contributed by atoms with Gasteiger partial charge in [-0.25, -0.2) is 9.38 Å². The first-order valence-electron chi connectivity index (χ1n) is 2.76. The maximum absolute atomic E-state index is 4.05. The van der Waals surface area contributed by atoms with Gasteiger partial charge in [-0.1, -0.05) is 4.98 Å². The van der Waals surface area contributed by atoms with Crippen molar-refractivity contribution < 1.29 is 4.40 Å². The predicted molar refractivity (Wildman–Crippen MR) is 31.7 cm³/mol. The van der Waals surface area contributed by atoms with Gasteiger partial charge in [0.05, 0.1) is 12.4 Å². The second-order valence-electron chi connectivity index (χ2n) is 1.81. The molecule has 0 saturated heterocycles. The van der Waals surface area contributed by atoms with Gasteiger partial charge >= 0.3 is 5.78 Å². The normalized spacial score (nSPS) is 10.2. The number of aromatic nitrogens is 3. The van der Waals surface area contributed by atoms with E-state index >= 15 is 0 Å². The highest BCUT2D eigenvalue weighted by atomic mass is 15.1. The zero-order chi connectivity index (χ0) is 6.10. The summed E-state index contributed by atoms with van der Waals surface area (Å²) in [6, 6.07) is 1.89. The largest absolute Gasteiger partial charge is 0.400 e. The van der Waals surface area contributed by atoms with Crippen LogP contribution >= 0.6 is 0 Å². The lowest BCUT2D eigenvalue weighted by atomic mass is 10.7. The molecule has 0 aromatic carbocycles. The lowest BCUT2D eigenvalue weighted by Crippen LogP contribution is -2.17. The Kier molecular flexibility index (Phi) is 0.773. The van der Waals surface area contributed by atoms with Gasteiger partial charge in [0.25, 0.3) is 0 Å². The highest BCUT2D eigenvalue weighted by Gasteiger charge is 1.96. The van der Waals surface area contributed by atoms with Crippen molar-refractivity contribution >= 4 is 5.78 Å². The summed E-state index contributed by atoms with van der Waals surface area (Å²) < 4.78 is 1.92. The van der Waals surface area contributed by atoms with E-state index in [9.17, 15) is 0 Å². The summed E-state index contributed by atoms with van der Waals surface area (Å²) in [6.07, 6.45) is 7.47. The minimum Gasteiger partial charge on any atom is -0.245 e. The first-order chi connectivity index (χ1) is 4.47. The number of hydrogen-bond donors (Lipinski definition) is 1. The molecule has 0 bridgehead atoms. The third kappa shape index (κ3) is 0.579. The Balaban J connectivity index is 2.95. The molecule has 9 heavy (non-hydrogen) atoms. The molecular formula is C6H6N3+. The van der Waals surface area contributed by atoms with Crippen LogP contribution < -0.4 is 4.40 Å². The van der Waals surface area contributed by atoms with Crippen LogP contribution in [0.4, 0.5) is 0 Å². The van der Waals surface area contributed by atoms with E-state index in [2.05, 4.69) is 9.97 Å². The standard InChI is InChI=1S/C6H5N3/c1-2-7-6-8-3-5-9(6)4-1/h1-5H/p+1. The van der Waals surface area contributed by atoms with Gasteiger partial charge in [-0.2, -0.15) is 0 Å². The van der Waals surface area contributed by atoms with Crippen molar-refractivity contribution in [1.82, 2.24) is 9.97 Å².